The second-order valence-corrected chi connectivity index (χ2v) is 9.12. The van der Waals surface area contributed by atoms with Crippen molar-refractivity contribution >= 4 is 61.3 Å². The van der Waals surface area contributed by atoms with Gasteiger partial charge >= 0.3 is 0 Å². The molecule has 4 aromatic rings. The van der Waals surface area contributed by atoms with Crippen LogP contribution in [-0.4, -0.2) is 36.3 Å². The number of anilines is 1. The molecular formula is C22H18ClN3O2S2. The van der Waals surface area contributed by atoms with Crippen LogP contribution >= 0.6 is 34.3 Å². The van der Waals surface area contributed by atoms with Gasteiger partial charge in [-0.1, -0.05) is 29.8 Å². The minimum Gasteiger partial charge on any atom is -0.378 e. The molecule has 0 radical (unpaired) electrons. The molecule has 152 valence electrons. The van der Waals surface area contributed by atoms with Crippen molar-refractivity contribution in [3.05, 3.63) is 68.9 Å². The number of benzene rings is 1. The normalized spacial score (nSPS) is 15.1. The minimum absolute atomic E-state index is 0.172. The highest BCUT2D eigenvalue weighted by atomic mass is 35.5. The van der Waals surface area contributed by atoms with Gasteiger partial charge in [-0.25, -0.2) is 4.98 Å². The highest BCUT2D eigenvalue weighted by Gasteiger charge is 2.15. The molecule has 1 aliphatic rings. The zero-order valence-electron chi connectivity index (χ0n) is 15.9. The molecule has 0 spiro atoms. The van der Waals surface area contributed by atoms with Crippen LogP contribution in [0.1, 0.15) is 11.4 Å². The SMILES string of the molecule is O=c1[nH]c(/C(Cl)=C/c2ccc(N3CCOCC3)cc2)nc2scc(-c3cccs3)c12. The van der Waals surface area contributed by atoms with Crippen molar-refractivity contribution in [1.82, 2.24) is 9.97 Å². The number of halogens is 1. The zero-order valence-corrected chi connectivity index (χ0v) is 18.3. The number of aromatic nitrogens is 2. The number of thiophene rings is 2. The maximum Gasteiger partial charge on any atom is 0.260 e. The Morgan fingerprint density at radius 1 is 1.17 bits per heavy atom. The molecule has 0 bridgehead atoms. The summed E-state index contributed by atoms with van der Waals surface area (Å²) in [5, 5.41) is 4.99. The fourth-order valence-corrected chi connectivity index (χ4v) is 5.47. The number of rotatable bonds is 4. The van der Waals surface area contributed by atoms with E-state index in [1.54, 1.807) is 11.3 Å². The zero-order chi connectivity index (χ0) is 20.5. The number of nitrogens with one attached hydrogen (secondary N) is 1. The molecule has 5 nitrogen and oxygen atoms in total. The minimum atomic E-state index is -0.172. The second-order valence-electron chi connectivity index (χ2n) is 6.90. The van der Waals surface area contributed by atoms with Gasteiger partial charge in [-0.3, -0.25) is 4.79 Å². The van der Waals surface area contributed by atoms with E-state index in [0.717, 1.165) is 42.3 Å². The third-order valence-electron chi connectivity index (χ3n) is 5.02. The molecule has 0 saturated carbocycles. The summed E-state index contributed by atoms with van der Waals surface area (Å²) in [5.74, 6) is 0.381. The number of ether oxygens (including phenoxy) is 1. The molecule has 30 heavy (non-hydrogen) atoms. The van der Waals surface area contributed by atoms with Crippen molar-refractivity contribution in [3.8, 4) is 10.4 Å². The van der Waals surface area contributed by atoms with Gasteiger partial charge in [0.15, 0.2) is 5.82 Å². The molecule has 0 unspecified atom stereocenters. The summed E-state index contributed by atoms with van der Waals surface area (Å²) < 4.78 is 5.41. The van der Waals surface area contributed by atoms with Crippen LogP contribution in [0.15, 0.2) is 52.0 Å². The molecule has 3 aromatic heterocycles. The Bertz CT molecular complexity index is 1250. The van der Waals surface area contributed by atoms with Crippen molar-refractivity contribution < 1.29 is 4.74 Å². The quantitative estimate of drug-likeness (QED) is 0.454. The van der Waals surface area contributed by atoms with Crippen molar-refractivity contribution in [1.29, 1.82) is 0 Å². The molecule has 8 heteroatoms. The lowest BCUT2D eigenvalue weighted by Crippen LogP contribution is -2.36. The molecule has 1 aromatic carbocycles. The predicted octanol–water partition coefficient (Wildman–Crippen LogP) is 5.29. The number of hydrogen-bond acceptors (Lipinski definition) is 6. The molecule has 0 aliphatic carbocycles. The molecule has 1 saturated heterocycles. The number of hydrogen-bond donors (Lipinski definition) is 1. The molecular weight excluding hydrogens is 438 g/mol. The van der Waals surface area contributed by atoms with Gasteiger partial charge in [-0.2, -0.15) is 0 Å². The molecule has 0 atom stereocenters. The molecule has 5 rings (SSSR count). The number of H-pyrrole nitrogens is 1. The smallest absolute Gasteiger partial charge is 0.260 e. The van der Waals surface area contributed by atoms with Gasteiger partial charge in [0, 0.05) is 34.6 Å². The van der Waals surface area contributed by atoms with E-state index in [2.05, 4.69) is 27.0 Å². The van der Waals surface area contributed by atoms with Crippen LogP contribution in [0.4, 0.5) is 5.69 Å². The van der Waals surface area contributed by atoms with E-state index < -0.39 is 0 Å². The first-order chi connectivity index (χ1) is 14.7. The number of fused-ring (bicyclic) bond motifs is 1. The Labute approximate surface area is 186 Å². The highest BCUT2D eigenvalue weighted by Crippen LogP contribution is 2.34. The van der Waals surface area contributed by atoms with Crippen molar-refractivity contribution in [2.75, 3.05) is 31.2 Å². The topological polar surface area (TPSA) is 58.2 Å². The summed E-state index contributed by atoms with van der Waals surface area (Å²) in [7, 11) is 0. The maximum absolute atomic E-state index is 12.8. The summed E-state index contributed by atoms with van der Waals surface area (Å²) in [4.78, 5) is 24.3. The number of morpholine rings is 1. The van der Waals surface area contributed by atoms with Gasteiger partial charge in [-0.05, 0) is 35.2 Å². The summed E-state index contributed by atoms with van der Waals surface area (Å²) >= 11 is 9.58. The van der Waals surface area contributed by atoms with Crippen LogP contribution < -0.4 is 10.5 Å². The van der Waals surface area contributed by atoms with Gasteiger partial charge in [0.2, 0.25) is 0 Å². The van der Waals surface area contributed by atoms with Crippen LogP contribution in [0.5, 0.6) is 0 Å². The van der Waals surface area contributed by atoms with E-state index >= 15 is 0 Å². The Balaban J connectivity index is 1.43. The third kappa shape index (κ3) is 3.81. The first-order valence-electron chi connectivity index (χ1n) is 9.55. The molecule has 0 amide bonds. The van der Waals surface area contributed by atoms with Crippen LogP contribution in [0.2, 0.25) is 0 Å². The molecule has 1 N–H and O–H groups in total. The lowest BCUT2D eigenvalue weighted by atomic mass is 10.1. The monoisotopic (exact) mass is 455 g/mol. The van der Waals surface area contributed by atoms with Crippen molar-refractivity contribution in [2.24, 2.45) is 0 Å². The summed E-state index contributed by atoms with van der Waals surface area (Å²) in [6.45, 7) is 3.31. The Morgan fingerprint density at radius 3 is 2.70 bits per heavy atom. The van der Waals surface area contributed by atoms with Crippen molar-refractivity contribution in [2.45, 2.75) is 0 Å². The molecule has 4 heterocycles. The average Bonchev–Trinajstić information content (AvgIpc) is 3.45. The summed E-state index contributed by atoms with van der Waals surface area (Å²) in [6, 6.07) is 12.2. The van der Waals surface area contributed by atoms with Crippen LogP contribution in [0.3, 0.4) is 0 Å². The van der Waals surface area contributed by atoms with E-state index in [0.29, 0.717) is 21.1 Å². The summed E-state index contributed by atoms with van der Waals surface area (Å²) in [6.07, 6.45) is 1.82. The summed E-state index contributed by atoms with van der Waals surface area (Å²) in [5.41, 5.74) is 2.86. The second kappa shape index (κ2) is 8.35. The van der Waals surface area contributed by atoms with Gasteiger partial charge in [-0.15, -0.1) is 22.7 Å². The van der Waals surface area contributed by atoms with Gasteiger partial charge in [0.05, 0.1) is 23.6 Å². The standard InChI is InChI=1S/C22H18ClN3O2S2/c23-17(12-14-3-5-15(6-4-14)26-7-9-28-10-8-26)20-24-21(27)19-16(13-30-22(19)25-20)18-2-1-11-29-18/h1-6,11-13H,7-10H2,(H,24,25,27)/b17-12-. The Hall–Kier alpha value is -2.45. The fraction of sp³-hybridized carbons (Fsp3) is 0.182. The largest absolute Gasteiger partial charge is 0.378 e. The van der Waals surface area contributed by atoms with Crippen LogP contribution in [0, 0.1) is 0 Å². The first kappa shape index (κ1) is 19.5. The predicted molar refractivity (Wildman–Crippen MR) is 127 cm³/mol. The lowest BCUT2D eigenvalue weighted by molar-refractivity contribution is 0.122. The van der Waals surface area contributed by atoms with E-state index in [4.69, 9.17) is 16.3 Å². The van der Waals surface area contributed by atoms with Crippen LogP contribution in [-0.2, 0) is 4.74 Å². The number of aromatic amines is 1. The van der Waals surface area contributed by atoms with E-state index in [1.165, 1.54) is 17.0 Å². The van der Waals surface area contributed by atoms with Gasteiger partial charge < -0.3 is 14.6 Å². The Kier molecular flexibility index (Phi) is 5.43. The highest BCUT2D eigenvalue weighted by molar-refractivity contribution is 7.18. The Morgan fingerprint density at radius 2 is 1.97 bits per heavy atom. The van der Waals surface area contributed by atoms with E-state index in [1.807, 2.05) is 41.1 Å². The van der Waals surface area contributed by atoms with Crippen molar-refractivity contribution in [3.63, 3.8) is 0 Å². The number of nitrogens with zero attached hydrogens (tertiary/aromatic N) is 2. The fourth-order valence-electron chi connectivity index (χ4n) is 3.49. The average molecular weight is 456 g/mol. The molecule has 1 aliphatic heterocycles. The van der Waals surface area contributed by atoms with Crippen LogP contribution in [0.25, 0.3) is 31.8 Å². The van der Waals surface area contributed by atoms with Gasteiger partial charge in [0.1, 0.15) is 4.83 Å². The van der Waals surface area contributed by atoms with E-state index in [-0.39, 0.29) is 5.56 Å². The maximum atomic E-state index is 12.8. The lowest BCUT2D eigenvalue weighted by Gasteiger charge is -2.28. The third-order valence-corrected chi connectivity index (χ3v) is 7.08. The van der Waals surface area contributed by atoms with Gasteiger partial charge in [0.25, 0.3) is 5.56 Å². The molecule has 1 fully saturated rings. The van der Waals surface area contributed by atoms with E-state index in [9.17, 15) is 4.79 Å². The first-order valence-corrected chi connectivity index (χ1v) is 11.7.